The monoisotopic (exact) mass is 251 g/mol. The van der Waals surface area contributed by atoms with Crippen molar-refractivity contribution in [3.8, 4) is 0 Å². The van der Waals surface area contributed by atoms with Gasteiger partial charge in [0.1, 0.15) is 6.04 Å². The predicted octanol–water partition coefficient (Wildman–Crippen LogP) is 0.624. The molecule has 5 heteroatoms. The lowest BCUT2D eigenvalue weighted by Gasteiger charge is -2.10. The Morgan fingerprint density at radius 1 is 1.39 bits per heavy atom. The first-order chi connectivity index (χ1) is 8.74. The van der Waals surface area contributed by atoms with Gasteiger partial charge >= 0.3 is 5.97 Å². The maximum Gasteiger partial charge on any atom is 0.322 e. The van der Waals surface area contributed by atoms with E-state index in [1.807, 2.05) is 18.2 Å². The fraction of sp³-hybridized carbons (Fsp3) is 0.538. The zero-order valence-electron chi connectivity index (χ0n) is 10.5. The molecule has 1 atom stereocenters. The van der Waals surface area contributed by atoms with E-state index in [0.717, 1.165) is 18.5 Å². The first kappa shape index (κ1) is 14.6. The van der Waals surface area contributed by atoms with Crippen LogP contribution >= 0.6 is 0 Å². The summed E-state index contributed by atoms with van der Waals surface area (Å²) in [4.78, 5) is 15.7. The summed E-state index contributed by atoms with van der Waals surface area (Å²) < 4.78 is 5.10. The Morgan fingerprint density at radius 2 is 2.22 bits per heavy atom. The second-order valence-electron chi connectivity index (χ2n) is 4.13. The van der Waals surface area contributed by atoms with Crippen molar-refractivity contribution in [3.05, 3.63) is 30.1 Å². The van der Waals surface area contributed by atoms with Gasteiger partial charge in [0.05, 0.1) is 6.61 Å². The van der Waals surface area contributed by atoms with E-state index in [0.29, 0.717) is 26.0 Å². The summed E-state index contributed by atoms with van der Waals surface area (Å²) in [6.07, 6.45) is 4.69. The molecule has 0 aliphatic carbocycles. The van der Waals surface area contributed by atoms with Gasteiger partial charge in [-0.05, 0) is 31.5 Å². The fourth-order valence-electron chi connectivity index (χ4n) is 1.54. The molecule has 0 aliphatic heterocycles. The van der Waals surface area contributed by atoms with Gasteiger partial charge in [-0.15, -0.1) is 0 Å². The topological polar surface area (TPSA) is 91.2 Å². The second-order valence-corrected chi connectivity index (χ2v) is 4.13. The van der Waals surface area contributed by atoms with Crippen LogP contribution in [0.3, 0.4) is 0 Å². The van der Waals surface area contributed by atoms with Crippen LogP contribution in [0.25, 0.3) is 0 Å². The van der Waals surface area contributed by atoms with Crippen molar-refractivity contribution in [1.82, 2.24) is 4.98 Å². The number of rotatable bonds is 8. The number of ether oxygens (including phenoxy) is 1. The fourth-order valence-corrected chi connectivity index (χ4v) is 1.54. The Bertz CT molecular complexity index is 343. The summed E-state index contributed by atoms with van der Waals surface area (Å²) in [6, 6.07) is 5.11. The van der Waals surface area contributed by atoms with Crippen LogP contribution < -0.4 is 11.5 Å². The number of hydrogen-bond donors (Lipinski definition) is 2. The third-order valence-electron chi connectivity index (χ3n) is 2.60. The lowest BCUT2D eigenvalue weighted by Crippen LogP contribution is -2.32. The summed E-state index contributed by atoms with van der Waals surface area (Å²) in [6.45, 7) is 0.946. The summed E-state index contributed by atoms with van der Waals surface area (Å²) >= 11 is 0. The Labute approximate surface area is 108 Å². The maximum absolute atomic E-state index is 11.5. The van der Waals surface area contributed by atoms with Crippen molar-refractivity contribution in [2.45, 2.75) is 31.7 Å². The molecule has 1 aromatic rings. The molecular weight excluding hydrogens is 230 g/mol. The quantitative estimate of drug-likeness (QED) is 0.522. The van der Waals surface area contributed by atoms with Crippen LogP contribution in [0, 0.1) is 0 Å². The van der Waals surface area contributed by atoms with Crippen molar-refractivity contribution in [3.63, 3.8) is 0 Å². The molecule has 1 aromatic heterocycles. The van der Waals surface area contributed by atoms with Crippen molar-refractivity contribution in [1.29, 1.82) is 0 Å². The first-order valence-corrected chi connectivity index (χ1v) is 6.26. The van der Waals surface area contributed by atoms with Crippen LogP contribution in [0.5, 0.6) is 0 Å². The van der Waals surface area contributed by atoms with E-state index >= 15 is 0 Å². The van der Waals surface area contributed by atoms with Gasteiger partial charge in [0.15, 0.2) is 0 Å². The Kier molecular flexibility index (Phi) is 6.98. The largest absolute Gasteiger partial charge is 0.464 e. The molecule has 0 unspecified atom stereocenters. The smallest absolute Gasteiger partial charge is 0.322 e. The minimum absolute atomic E-state index is 0.320. The summed E-state index contributed by atoms with van der Waals surface area (Å²) in [5, 5.41) is 0. The van der Waals surface area contributed by atoms with Gasteiger partial charge in [-0.3, -0.25) is 9.78 Å². The SMILES string of the molecule is NCCCC[C@H](N)C(=O)OCCc1ccccn1. The van der Waals surface area contributed by atoms with Crippen LogP contribution in [-0.4, -0.2) is 30.1 Å². The molecule has 0 bridgehead atoms. The zero-order chi connectivity index (χ0) is 13.2. The van der Waals surface area contributed by atoms with E-state index < -0.39 is 6.04 Å². The lowest BCUT2D eigenvalue weighted by molar-refractivity contribution is -0.145. The molecule has 0 aromatic carbocycles. The molecule has 1 rings (SSSR count). The number of hydrogen-bond acceptors (Lipinski definition) is 5. The highest BCUT2D eigenvalue weighted by atomic mass is 16.5. The van der Waals surface area contributed by atoms with Crippen molar-refractivity contribution in [2.75, 3.05) is 13.2 Å². The van der Waals surface area contributed by atoms with Crippen LogP contribution in [0.15, 0.2) is 24.4 Å². The van der Waals surface area contributed by atoms with Gasteiger partial charge in [-0.1, -0.05) is 12.5 Å². The van der Waals surface area contributed by atoms with E-state index in [1.54, 1.807) is 6.20 Å². The van der Waals surface area contributed by atoms with Crippen molar-refractivity contribution in [2.24, 2.45) is 11.5 Å². The van der Waals surface area contributed by atoms with E-state index in [4.69, 9.17) is 16.2 Å². The van der Waals surface area contributed by atoms with Crippen LogP contribution in [0.2, 0.25) is 0 Å². The lowest BCUT2D eigenvalue weighted by atomic mass is 10.1. The van der Waals surface area contributed by atoms with Gasteiger partial charge in [-0.2, -0.15) is 0 Å². The van der Waals surface area contributed by atoms with E-state index in [-0.39, 0.29) is 5.97 Å². The van der Waals surface area contributed by atoms with Crippen molar-refractivity contribution >= 4 is 5.97 Å². The highest BCUT2D eigenvalue weighted by molar-refractivity contribution is 5.75. The average Bonchev–Trinajstić information content (AvgIpc) is 2.40. The third-order valence-corrected chi connectivity index (χ3v) is 2.60. The molecule has 0 aliphatic rings. The number of esters is 1. The van der Waals surface area contributed by atoms with Gasteiger partial charge in [0, 0.05) is 18.3 Å². The number of carbonyl (C=O) groups is 1. The van der Waals surface area contributed by atoms with Gasteiger partial charge in [0.2, 0.25) is 0 Å². The number of nitrogens with two attached hydrogens (primary N) is 2. The number of carbonyl (C=O) groups excluding carboxylic acids is 1. The Hall–Kier alpha value is -1.46. The number of aromatic nitrogens is 1. The molecule has 0 amide bonds. The third kappa shape index (κ3) is 5.75. The predicted molar refractivity (Wildman–Crippen MR) is 69.8 cm³/mol. The molecule has 0 saturated heterocycles. The molecular formula is C13H21N3O2. The van der Waals surface area contributed by atoms with E-state index in [9.17, 15) is 4.79 Å². The molecule has 0 radical (unpaired) electrons. The minimum atomic E-state index is -0.541. The maximum atomic E-state index is 11.5. The molecule has 1 heterocycles. The minimum Gasteiger partial charge on any atom is -0.464 e. The zero-order valence-corrected chi connectivity index (χ0v) is 10.5. The molecule has 0 spiro atoms. The average molecular weight is 251 g/mol. The summed E-state index contributed by atoms with van der Waals surface area (Å²) in [5.74, 6) is -0.344. The Balaban J connectivity index is 2.16. The molecule has 5 nitrogen and oxygen atoms in total. The van der Waals surface area contributed by atoms with Crippen LogP contribution in [0.1, 0.15) is 25.0 Å². The van der Waals surface area contributed by atoms with Gasteiger partial charge in [-0.25, -0.2) is 0 Å². The van der Waals surface area contributed by atoms with Gasteiger partial charge < -0.3 is 16.2 Å². The molecule has 4 N–H and O–H groups in total. The number of nitrogens with zero attached hydrogens (tertiary/aromatic N) is 1. The van der Waals surface area contributed by atoms with Crippen LogP contribution in [-0.2, 0) is 16.0 Å². The highest BCUT2D eigenvalue weighted by Crippen LogP contribution is 2.01. The number of pyridine rings is 1. The second kappa shape index (κ2) is 8.60. The normalized spacial score (nSPS) is 12.1. The standard InChI is InChI=1S/C13H21N3O2/c14-8-3-1-6-12(15)13(17)18-10-7-11-5-2-4-9-16-11/h2,4-5,9,12H,1,3,6-8,10,14-15H2/t12-/m0/s1. The summed E-state index contributed by atoms with van der Waals surface area (Å²) in [7, 11) is 0. The molecule has 0 fully saturated rings. The highest BCUT2D eigenvalue weighted by Gasteiger charge is 2.14. The number of unbranched alkanes of at least 4 members (excludes halogenated alkanes) is 1. The van der Waals surface area contributed by atoms with Crippen LogP contribution in [0.4, 0.5) is 0 Å². The van der Waals surface area contributed by atoms with Crippen molar-refractivity contribution < 1.29 is 9.53 Å². The van der Waals surface area contributed by atoms with E-state index in [1.165, 1.54) is 0 Å². The Morgan fingerprint density at radius 3 is 2.89 bits per heavy atom. The van der Waals surface area contributed by atoms with E-state index in [2.05, 4.69) is 4.98 Å². The molecule has 18 heavy (non-hydrogen) atoms. The first-order valence-electron chi connectivity index (χ1n) is 6.26. The molecule has 100 valence electrons. The summed E-state index contributed by atoms with van der Waals surface area (Å²) in [5.41, 5.74) is 12.0. The van der Waals surface area contributed by atoms with Gasteiger partial charge in [0.25, 0.3) is 0 Å². The molecule has 0 saturated carbocycles.